The van der Waals surface area contributed by atoms with Gasteiger partial charge in [-0.1, -0.05) is 6.92 Å². The average Bonchev–Trinajstić information content (AvgIpc) is 2.75. The fourth-order valence-corrected chi connectivity index (χ4v) is 3.23. The Bertz CT molecular complexity index is 388. The van der Waals surface area contributed by atoms with Crippen molar-refractivity contribution < 1.29 is 9.90 Å². The van der Waals surface area contributed by atoms with Crippen LogP contribution in [0.4, 0.5) is 0 Å². The molecule has 16 heavy (non-hydrogen) atoms. The van der Waals surface area contributed by atoms with E-state index in [0.717, 1.165) is 24.6 Å². The highest BCUT2D eigenvalue weighted by Crippen LogP contribution is 2.26. The van der Waals surface area contributed by atoms with E-state index in [1.807, 2.05) is 11.4 Å². The number of aromatic carboxylic acids is 1. The van der Waals surface area contributed by atoms with Crippen molar-refractivity contribution in [1.82, 2.24) is 4.90 Å². The smallest absolute Gasteiger partial charge is 0.346 e. The Balaban J connectivity index is 2.09. The topological polar surface area (TPSA) is 40.5 Å². The second-order valence-electron chi connectivity index (χ2n) is 4.70. The molecular weight excluding hydrogens is 222 g/mol. The lowest BCUT2D eigenvalue weighted by molar-refractivity contribution is 0.0700. The molecule has 1 aromatic rings. The van der Waals surface area contributed by atoms with Crippen molar-refractivity contribution in [2.75, 3.05) is 6.54 Å². The van der Waals surface area contributed by atoms with Gasteiger partial charge in [-0.15, -0.1) is 11.3 Å². The van der Waals surface area contributed by atoms with Crippen LogP contribution >= 0.6 is 11.3 Å². The molecule has 0 aromatic carbocycles. The van der Waals surface area contributed by atoms with Crippen molar-refractivity contribution in [3.8, 4) is 0 Å². The van der Waals surface area contributed by atoms with Gasteiger partial charge in [0.1, 0.15) is 4.88 Å². The Kier molecular flexibility index (Phi) is 3.30. The first-order valence-electron chi connectivity index (χ1n) is 5.61. The van der Waals surface area contributed by atoms with Gasteiger partial charge in [0.15, 0.2) is 0 Å². The number of likely N-dealkylation sites (tertiary alicyclic amines) is 1. The van der Waals surface area contributed by atoms with Gasteiger partial charge in [0.25, 0.3) is 0 Å². The Hall–Kier alpha value is -0.870. The Morgan fingerprint density at radius 2 is 2.38 bits per heavy atom. The van der Waals surface area contributed by atoms with Crippen LogP contribution in [-0.2, 0) is 6.54 Å². The van der Waals surface area contributed by atoms with E-state index in [9.17, 15) is 4.79 Å². The van der Waals surface area contributed by atoms with Crippen molar-refractivity contribution in [2.24, 2.45) is 5.92 Å². The number of hydrogen-bond donors (Lipinski definition) is 1. The summed E-state index contributed by atoms with van der Waals surface area (Å²) in [6.45, 7) is 6.32. The highest BCUT2D eigenvalue weighted by molar-refractivity contribution is 7.12. The van der Waals surface area contributed by atoms with E-state index in [4.69, 9.17) is 5.11 Å². The van der Waals surface area contributed by atoms with Crippen molar-refractivity contribution >= 4 is 17.3 Å². The largest absolute Gasteiger partial charge is 0.477 e. The highest BCUT2D eigenvalue weighted by atomic mass is 32.1. The third-order valence-electron chi connectivity index (χ3n) is 3.23. The molecule has 3 nitrogen and oxygen atoms in total. The first-order valence-corrected chi connectivity index (χ1v) is 6.49. The van der Waals surface area contributed by atoms with Gasteiger partial charge in [-0.2, -0.15) is 0 Å². The number of carbonyl (C=O) groups is 1. The van der Waals surface area contributed by atoms with Crippen molar-refractivity contribution in [3.63, 3.8) is 0 Å². The molecule has 2 unspecified atom stereocenters. The van der Waals surface area contributed by atoms with Crippen molar-refractivity contribution in [2.45, 2.75) is 32.9 Å². The fourth-order valence-electron chi connectivity index (χ4n) is 2.47. The van der Waals surface area contributed by atoms with Gasteiger partial charge in [0.2, 0.25) is 0 Å². The lowest BCUT2D eigenvalue weighted by atomic mass is 10.1. The molecule has 1 aliphatic heterocycles. The van der Waals surface area contributed by atoms with E-state index in [-0.39, 0.29) is 0 Å². The second kappa shape index (κ2) is 4.55. The van der Waals surface area contributed by atoms with E-state index >= 15 is 0 Å². The minimum absolute atomic E-state index is 0.492. The molecule has 0 radical (unpaired) electrons. The summed E-state index contributed by atoms with van der Waals surface area (Å²) >= 11 is 1.32. The molecule has 2 rings (SSSR count). The molecule has 1 aromatic heterocycles. The number of carboxylic acid groups (broad SMARTS) is 1. The van der Waals surface area contributed by atoms with E-state index in [1.165, 1.54) is 17.8 Å². The molecule has 1 fully saturated rings. The standard InChI is InChI=1S/C12H17NO2S/c1-8-5-9(2)13(6-8)7-10-3-4-16-11(10)12(14)15/h3-4,8-9H,5-7H2,1-2H3,(H,14,15). The maximum atomic E-state index is 11.0. The van der Waals surface area contributed by atoms with Gasteiger partial charge in [0, 0.05) is 19.1 Å². The quantitative estimate of drug-likeness (QED) is 0.881. The van der Waals surface area contributed by atoms with Crippen LogP contribution in [0.2, 0.25) is 0 Å². The molecule has 0 spiro atoms. The molecule has 0 aliphatic carbocycles. The SMILES string of the molecule is CC1CC(C)N(Cc2ccsc2C(=O)O)C1. The van der Waals surface area contributed by atoms with Gasteiger partial charge in [-0.05, 0) is 36.3 Å². The molecule has 0 amide bonds. The summed E-state index contributed by atoms with van der Waals surface area (Å²) in [6, 6.07) is 2.50. The van der Waals surface area contributed by atoms with Crippen LogP contribution in [0.25, 0.3) is 0 Å². The zero-order valence-electron chi connectivity index (χ0n) is 9.64. The summed E-state index contributed by atoms with van der Waals surface area (Å²) in [4.78, 5) is 13.9. The highest BCUT2D eigenvalue weighted by Gasteiger charge is 2.27. The fraction of sp³-hybridized carbons (Fsp3) is 0.583. The molecule has 1 N–H and O–H groups in total. The normalized spacial score (nSPS) is 26.1. The summed E-state index contributed by atoms with van der Waals surface area (Å²) in [5, 5.41) is 10.9. The van der Waals surface area contributed by atoms with E-state index in [0.29, 0.717) is 10.9 Å². The molecule has 0 bridgehead atoms. The van der Waals surface area contributed by atoms with Gasteiger partial charge in [-0.3, -0.25) is 4.90 Å². The Morgan fingerprint density at radius 1 is 1.62 bits per heavy atom. The maximum Gasteiger partial charge on any atom is 0.346 e. The van der Waals surface area contributed by atoms with E-state index < -0.39 is 5.97 Å². The molecule has 0 saturated carbocycles. The number of thiophene rings is 1. The van der Waals surface area contributed by atoms with Gasteiger partial charge in [0.05, 0.1) is 0 Å². The first-order chi connectivity index (χ1) is 7.58. The van der Waals surface area contributed by atoms with Crippen LogP contribution < -0.4 is 0 Å². The molecule has 2 heterocycles. The predicted octanol–water partition coefficient (Wildman–Crippen LogP) is 2.68. The second-order valence-corrected chi connectivity index (χ2v) is 5.62. The maximum absolute atomic E-state index is 11.0. The summed E-state index contributed by atoms with van der Waals surface area (Å²) in [5.74, 6) is -0.0770. The zero-order chi connectivity index (χ0) is 11.7. The molecule has 88 valence electrons. The van der Waals surface area contributed by atoms with Crippen LogP contribution in [-0.4, -0.2) is 28.6 Å². The first kappa shape index (κ1) is 11.6. The molecular formula is C12H17NO2S. The number of carboxylic acids is 1. The number of nitrogens with zero attached hydrogens (tertiary/aromatic N) is 1. The van der Waals surface area contributed by atoms with Crippen LogP contribution in [0, 0.1) is 5.92 Å². The van der Waals surface area contributed by atoms with Crippen LogP contribution in [0.15, 0.2) is 11.4 Å². The Morgan fingerprint density at radius 3 is 2.94 bits per heavy atom. The Labute approximate surface area is 99.7 Å². The number of rotatable bonds is 3. The third kappa shape index (κ3) is 2.28. The van der Waals surface area contributed by atoms with Crippen LogP contribution in [0.3, 0.4) is 0 Å². The molecule has 1 aliphatic rings. The predicted molar refractivity (Wildman–Crippen MR) is 64.9 cm³/mol. The average molecular weight is 239 g/mol. The molecule has 4 heteroatoms. The van der Waals surface area contributed by atoms with Crippen molar-refractivity contribution in [3.05, 3.63) is 21.9 Å². The van der Waals surface area contributed by atoms with Crippen molar-refractivity contribution in [1.29, 1.82) is 0 Å². The minimum atomic E-state index is -0.801. The lowest BCUT2D eigenvalue weighted by Gasteiger charge is -2.20. The number of hydrogen-bond acceptors (Lipinski definition) is 3. The molecule has 2 atom stereocenters. The molecule has 1 saturated heterocycles. The summed E-state index contributed by atoms with van der Waals surface area (Å²) in [7, 11) is 0. The van der Waals surface area contributed by atoms with Crippen LogP contribution in [0.1, 0.15) is 35.5 Å². The van der Waals surface area contributed by atoms with E-state index in [1.54, 1.807) is 0 Å². The minimum Gasteiger partial charge on any atom is -0.477 e. The van der Waals surface area contributed by atoms with E-state index in [2.05, 4.69) is 18.7 Å². The summed E-state index contributed by atoms with van der Waals surface area (Å²) in [6.07, 6.45) is 1.21. The van der Waals surface area contributed by atoms with Gasteiger partial charge in [-0.25, -0.2) is 4.79 Å². The third-order valence-corrected chi connectivity index (χ3v) is 4.17. The van der Waals surface area contributed by atoms with Gasteiger partial charge < -0.3 is 5.11 Å². The summed E-state index contributed by atoms with van der Waals surface area (Å²) < 4.78 is 0. The zero-order valence-corrected chi connectivity index (χ0v) is 10.5. The van der Waals surface area contributed by atoms with Crippen LogP contribution in [0.5, 0.6) is 0 Å². The monoisotopic (exact) mass is 239 g/mol. The summed E-state index contributed by atoms with van der Waals surface area (Å²) in [5.41, 5.74) is 0.957. The lowest BCUT2D eigenvalue weighted by Crippen LogP contribution is -2.27. The van der Waals surface area contributed by atoms with Gasteiger partial charge >= 0.3 is 5.97 Å².